The second-order valence-corrected chi connectivity index (χ2v) is 4.06. The molecule has 6 heteroatoms. The third-order valence-electron chi connectivity index (χ3n) is 2.53. The predicted octanol–water partition coefficient (Wildman–Crippen LogP) is -1.30. The summed E-state index contributed by atoms with van der Waals surface area (Å²) in [5, 5.41) is 2.62. The first kappa shape index (κ1) is 12.9. The molecule has 0 spiro atoms. The van der Waals surface area contributed by atoms with Crippen molar-refractivity contribution in [2.24, 2.45) is 5.73 Å². The first-order valence-corrected chi connectivity index (χ1v) is 5.45. The molecule has 0 saturated carbocycles. The van der Waals surface area contributed by atoms with Crippen LogP contribution < -0.4 is 11.1 Å². The Bertz CT molecular complexity index is 250. The van der Waals surface area contributed by atoms with Gasteiger partial charge in [-0.05, 0) is 19.9 Å². The van der Waals surface area contributed by atoms with Crippen LogP contribution >= 0.6 is 0 Å². The van der Waals surface area contributed by atoms with E-state index in [0.717, 1.165) is 25.9 Å². The lowest BCUT2D eigenvalue weighted by atomic mass is 10.1. The van der Waals surface area contributed by atoms with Gasteiger partial charge in [-0.1, -0.05) is 0 Å². The van der Waals surface area contributed by atoms with E-state index >= 15 is 0 Å². The van der Waals surface area contributed by atoms with E-state index in [-0.39, 0.29) is 25.2 Å². The Labute approximate surface area is 95.1 Å². The van der Waals surface area contributed by atoms with Gasteiger partial charge >= 0.3 is 5.97 Å². The summed E-state index contributed by atoms with van der Waals surface area (Å²) in [6.07, 6.45) is 1.76. The first-order valence-electron chi connectivity index (χ1n) is 5.45. The summed E-state index contributed by atoms with van der Waals surface area (Å²) in [5.41, 5.74) is 4.92. The van der Waals surface area contributed by atoms with Gasteiger partial charge in [0, 0.05) is 13.1 Å². The number of piperidine rings is 1. The Kier molecular flexibility index (Phi) is 5.21. The zero-order chi connectivity index (χ0) is 12.0. The average Bonchev–Trinajstić information content (AvgIpc) is 2.21. The minimum Gasteiger partial charge on any atom is -0.461 e. The summed E-state index contributed by atoms with van der Waals surface area (Å²) in [6.45, 7) is 1.94. The molecule has 0 aromatic rings. The highest BCUT2D eigenvalue weighted by atomic mass is 16.5. The third-order valence-corrected chi connectivity index (χ3v) is 2.53. The fraction of sp³-hybridized carbons (Fsp3) is 0.800. The lowest BCUT2D eigenvalue weighted by Gasteiger charge is -2.28. The fourth-order valence-electron chi connectivity index (χ4n) is 1.62. The Hall–Kier alpha value is -1.14. The molecule has 0 unspecified atom stereocenters. The monoisotopic (exact) mass is 229 g/mol. The van der Waals surface area contributed by atoms with Crippen LogP contribution in [0.2, 0.25) is 0 Å². The largest absolute Gasteiger partial charge is 0.461 e. The maximum absolute atomic E-state index is 11.3. The van der Waals surface area contributed by atoms with Crippen molar-refractivity contribution in [1.29, 1.82) is 0 Å². The van der Waals surface area contributed by atoms with Crippen LogP contribution in [-0.2, 0) is 14.3 Å². The minimum absolute atomic E-state index is 0.00248. The maximum atomic E-state index is 11.3. The number of amides is 1. The smallest absolute Gasteiger partial charge is 0.320 e. The van der Waals surface area contributed by atoms with Crippen LogP contribution in [0.15, 0.2) is 0 Å². The van der Waals surface area contributed by atoms with Crippen LogP contribution in [0.3, 0.4) is 0 Å². The minimum atomic E-state index is -0.480. The summed E-state index contributed by atoms with van der Waals surface area (Å²) in [6, 6.07) is 0. The van der Waals surface area contributed by atoms with Crippen molar-refractivity contribution >= 4 is 11.9 Å². The Morgan fingerprint density at radius 2 is 2.00 bits per heavy atom. The van der Waals surface area contributed by atoms with E-state index in [1.165, 1.54) is 0 Å². The number of nitrogens with one attached hydrogen (secondary N) is 1. The number of ether oxygens (including phenoxy) is 1. The highest BCUT2D eigenvalue weighted by molar-refractivity contribution is 5.77. The molecule has 0 aromatic carbocycles. The maximum Gasteiger partial charge on any atom is 0.320 e. The quantitative estimate of drug-likeness (QED) is 0.572. The molecule has 1 amide bonds. The molecular formula is C10H19N3O3. The molecule has 92 valence electrons. The molecule has 1 rings (SSSR count). The lowest BCUT2D eigenvalue weighted by Crippen LogP contribution is -2.38. The Morgan fingerprint density at radius 1 is 1.38 bits per heavy atom. The molecule has 0 bridgehead atoms. The van der Waals surface area contributed by atoms with Crippen LogP contribution in [0, 0.1) is 0 Å². The molecule has 1 fully saturated rings. The number of carbonyl (C=O) groups is 2. The van der Waals surface area contributed by atoms with Crippen LogP contribution in [-0.4, -0.2) is 56.1 Å². The van der Waals surface area contributed by atoms with Crippen LogP contribution in [0.25, 0.3) is 0 Å². The zero-order valence-corrected chi connectivity index (χ0v) is 9.57. The van der Waals surface area contributed by atoms with Gasteiger partial charge in [-0.15, -0.1) is 0 Å². The van der Waals surface area contributed by atoms with Crippen LogP contribution in [0.4, 0.5) is 0 Å². The number of esters is 1. The van der Waals surface area contributed by atoms with Crippen molar-refractivity contribution in [3.8, 4) is 0 Å². The number of primary amides is 1. The van der Waals surface area contributed by atoms with Crippen LogP contribution in [0.1, 0.15) is 12.8 Å². The zero-order valence-electron chi connectivity index (χ0n) is 9.57. The van der Waals surface area contributed by atoms with Crippen molar-refractivity contribution in [3.05, 3.63) is 0 Å². The molecule has 6 nitrogen and oxygen atoms in total. The fourth-order valence-corrected chi connectivity index (χ4v) is 1.62. The van der Waals surface area contributed by atoms with Gasteiger partial charge in [0.1, 0.15) is 6.10 Å². The molecule has 16 heavy (non-hydrogen) atoms. The molecule has 1 saturated heterocycles. The van der Waals surface area contributed by atoms with Gasteiger partial charge in [-0.3, -0.25) is 14.9 Å². The second-order valence-electron chi connectivity index (χ2n) is 4.06. The first-order chi connectivity index (χ1) is 7.58. The number of hydrogen-bond acceptors (Lipinski definition) is 5. The molecular weight excluding hydrogens is 210 g/mol. The van der Waals surface area contributed by atoms with Crippen molar-refractivity contribution in [1.82, 2.24) is 10.2 Å². The third kappa shape index (κ3) is 5.09. The van der Waals surface area contributed by atoms with Gasteiger partial charge in [0.25, 0.3) is 0 Å². The molecule has 3 N–H and O–H groups in total. The van der Waals surface area contributed by atoms with E-state index in [0.29, 0.717) is 0 Å². The number of carbonyl (C=O) groups excluding carboxylic acids is 2. The topological polar surface area (TPSA) is 84.7 Å². The van der Waals surface area contributed by atoms with Gasteiger partial charge in [-0.2, -0.15) is 0 Å². The highest BCUT2D eigenvalue weighted by Crippen LogP contribution is 2.11. The summed E-state index contributed by atoms with van der Waals surface area (Å²) in [4.78, 5) is 23.9. The van der Waals surface area contributed by atoms with Gasteiger partial charge in [0.2, 0.25) is 5.91 Å². The molecule has 1 aliphatic rings. The molecule has 1 aliphatic heterocycles. The number of likely N-dealkylation sites (tertiary alicyclic amines) is 1. The molecule has 0 atom stereocenters. The molecule has 0 aliphatic carbocycles. The van der Waals surface area contributed by atoms with E-state index in [4.69, 9.17) is 10.5 Å². The number of rotatable bonds is 5. The van der Waals surface area contributed by atoms with Gasteiger partial charge in [-0.25, -0.2) is 0 Å². The number of nitrogens with two attached hydrogens (primary N) is 1. The Balaban J connectivity index is 2.11. The van der Waals surface area contributed by atoms with Crippen LogP contribution in [0.5, 0.6) is 0 Å². The Morgan fingerprint density at radius 3 is 2.56 bits per heavy atom. The SMILES string of the molecule is CN1CCC(OC(=O)CNCC(N)=O)CC1. The normalized spacial score (nSPS) is 18.3. The van der Waals surface area contributed by atoms with Gasteiger partial charge in [0.15, 0.2) is 0 Å². The number of nitrogens with zero attached hydrogens (tertiary/aromatic N) is 1. The van der Waals surface area contributed by atoms with E-state index in [1.54, 1.807) is 0 Å². The standard InChI is InChI=1S/C10H19N3O3/c1-13-4-2-8(3-5-13)16-10(15)7-12-6-9(11)14/h8,12H,2-7H2,1H3,(H2,11,14). The van der Waals surface area contributed by atoms with Gasteiger partial charge < -0.3 is 15.4 Å². The highest BCUT2D eigenvalue weighted by Gasteiger charge is 2.19. The van der Waals surface area contributed by atoms with Crippen molar-refractivity contribution in [3.63, 3.8) is 0 Å². The number of hydrogen-bond donors (Lipinski definition) is 2. The molecule has 0 aromatic heterocycles. The average molecular weight is 229 g/mol. The molecule has 0 radical (unpaired) electrons. The summed E-state index contributed by atoms with van der Waals surface area (Å²) in [5.74, 6) is -0.803. The summed E-state index contributed by atoms with van der Waals surface area (Å²) >= 11 is 0. The summed E-state index contributed by atoms with van der Waals surface area (Å²) < 4.78 is 5.24. The lowest BCUT2D eigenvalue weighted by molar-refractivity contribution is -0.149. The van der Waals surface area contributed by atoms with Gasteiger partial charge in [0.05, 0.1) is 13.1 Å². The summed E-state index contributed by atoms with van der Waals surface area (Å²) in [7, 11) is 2.05. The van der Waals surface area contributed by atoms with Crippen molar-refractivity contribution < 1.29 is 14.3 Å². The van der Waals surface area contributed by atoms with Crippen molar-refractivity contribution in [2.75, 3.05) is 33.2 Å². The molecule has 1 heterocycles. The van der Waals surface area contributed by atoms with E-state index < -0.39 is 5.91 Å². The predicted molar refractivity (Wildman–Crippen MR) is 58.7 cm³/mol. The van der Waals surface area contributed by atoms with Crippen molar-refractivity contribution in [2.45, 2.75) is 18.9 Å². The second kappa shape index (κ2) is 6.44. The van der Waals surface area contributed by atoms with E-state index in [2.05, 4.69) is 10.2 Å². The van der Waals surface area contributed by atoms with E-state index in [1.807, 2.05) is 7.05 Å². The van der Waals surface area contributed by atoms with E-state index in [9.17, 15) is 9.59 Å².